The van der Waals surface area contributed by atoms with Crippen LogP contribution in [-0.2, 0) is 16.4 Å². The van der Waals surface area contributed by atoms with Gasteiger partial charge < -0.3 is 5.11 Å². The molecule has 0 saturated heterocycles. The van der Waals surface area contributed by atoms with Gasteiger partial charge in [-0.2, -0.15) is 12.6 Å². The summed E-state index contributed by atoms with van der Waals surface area (Å²) in [5, 5.41) is 9.02. The third-order valence-electron chi connectivity index (χ3n) is 2.31. The minimum absolute atomic E-state index is 0.0756. The quantitative estimate of drug-likeness (QED) is 0.775. The van der Waals surface area contributed by atoms with Crippen LogP contribution in [0.2, 0.25) is 0 Å². The normalized spacial score (nSPS) is 11.7. The molecule has 0 radical (unpaired) electrons. The van der Waals surface area contributed by atoms with Crippen LogP contribution in [0.5, 0.6) is 0 Å². The van der Waals surface area contributed by atoms with Gasteiger partial charge >= 0.3 is 0 Å². The highest BCUT2D eigenvalue weighted by Crippen LogP contribution is 2.19. The van der Waals surface area contributed by atoms with Crippen LogP contribution in [0.4, 0.5) is 0 Å². The Morgan fingerprint density at radius 2 is 2.19 bits per heavy atom. The number of aromatic nitrogens is 1. The molecule has 0 aliphatic heterocycles. The van der Waals surface area contributed by atoms with Gasteiger partial charge in [-0.05, 0) is 30.7 Å². The summed E-state index contributed by atoms with van der Waals surface area (Å²) in [4.78, 5) is 4.18. The van der Waals surface area contributed by atoms with Crippen molar-refractivity contribution in [3.63, 3.8) is 0 Å². The van der Waals surface area contributed by atoms with Crippen LogP contribution in [0.15, 0.2) is 17.2 Å². The van der Waals surface area contributed by atoms with Crippen LogP contribution in [0.25, 0.3) is 0 Å². The first-order valence-electron chi connectivity index (χ1n) is 4.92. The first kappa shape index (κ1) is 13.5. The van der Waals surface area contributed by atoms with E-state index in [0.717, 1.165) is 0 Å². The monoisotopic (exact) mass is 261 g/mol. The van der Waals surface area contributed by atoms with E-state index in [9.17, 15) is 8.42 Å². The molecule has 0 unspecified atom stereocenters. The number of hydrogen-bond acceptors (Lipinski definition) is 5. The lowest BCUT2D eigenvalue weighted by molar-refractivity contribution is 0.275. The molecular formula is C10H15NO3S2. The second-order valence-electron chi connectivity index (χ2n) is 3.43. The summed E-state index contributed by atoms with van der Waals surface area (Å²) in [6.07, 6.45) is 1.92. The highest BCUT2D eigenvalue weighted by atomic mass is 32.2. The van der Waals surface area contributed by atoms with Gasteiger partial charge in [-0.3, -0.25) is 4.98 Å². The molecule has 90 valence electrons. The van der Waals surface area contributed by atoms with Crippen LogP contribution in [-0.4, -0.2) is 30.0 Å². The number of aliphatic hydroxyl groups is 1. The SMILES string of the molecule is Cc1c(S(=O)(=O)CCCS)ccnc1CO. The molecule has 1 heterocycles. The second-order valence-corrected chi connectivity index (χ2v) is 5.96. The molecule has 0 spiro atoms. The van der Waals surface area contributed by atoms with Gasteiger partial charge in [0.1, 0.15) is 0 Å². The molecule has 0 bridgehead atoms. The maximum absolute atomic E-state index is 11.9. The molecule has 0 atom stereocenters. The summed E-state index contributed by atoms with van der Waals surface area (Å²) in [5.41, 5.74) is 0.941. The van der Waals surface area contributed by atoms with E-state index in [-0.39, 0.29) is 17.3 Å². The zero-order valence-electron chi connectivity index (χ0n) is 9.05. The first-order chi connectivity index (χ1) is 7.53. The van der Waals surface area contributed by atoms with Gasteiger partial charge in [0.25, 0.3) is 0 Å². The average Bonchev–Trinajstić information content (AvgIpc) is 2.26. The van der Waals surface area contributed by atoms with Crippen molar-refractivity contribution in [3.8, 4) is 0 Å². The lowest BCUT2D eigenvalue weighted by Gasteiger charge is -2.09. The zero-order valence-corrected chi connectivity index (χ0v) is 10.8. The van der Waals surface area contributed by atoms with E-state index >= 15 is 0 Å². The minimum Gasteiger partial charge on any atom is -0.390 e. The third-order valence-corrected chi connectivity index (χ3v) is 4.57. The number of hydrogen-bond donors (Lipinski definition) is 2. The molecule has 0 aliphatic rings. The number of pyridine rings is 1. The van der Waals surface area contributed by atoms with E-state index in [1.54, 1.807) is 6.92 Å². The summed E-state index contributed by atoms with van der Waals surface area (Å²) in [6, 6.07) is 1.47. The number of nitrogens with zero attached hydrogens (tertiary/aromatic N) is 1. The van der Waals surface area contributed by atoms with Crippen LogP contribution in [0.1, 0.15) is 17.7 Å². The van der Waals surface area contributed by atoms with Crippen LogP contribution in [0.3, 0.4) is 0 Å². The molecule has 1 rings (SSSR count). The van der Waals surface area contributed by atoms with Gasteiger partial charge in [-0.1, -0.05) is 0 Å². The van der Waals surface area contributed by atoms with E-state index < -0.39 is 9.84 Å². The molecule has 16 heavy (non-hydrogen) atoms. The van der Waals surface area contributed by atoms with Gasteiger partial charge in [0.05, 0.1) is 22.9 Å². The third kappa shape index (κ3) is 2.96. The van der Waals surface area contributed by atoms with Crippen molar-refractivity contribution in [2.24, 2.45) is 0 Å². The van der Waals surface area contributed by atoms with E-state index in [4.69, 9.17) is 5.11 Å². The lowest BCUT2D eigenvalue weighted by atomic mass is 10.2. The van der Waals surface area contributed by atoms with Crippen molar-refractivity contribution in [2.75, 3.05) is 11.5 Å². The highest BCUT2D eigenvalue weighted by Gasteiger charge is 2.18. The predicted molar refractivity (Wildman–Crippen MR) is 65.4 cm³/mol. The van der Waals surface area contributed by atoms with Gasteiger partial charge in [-0.15, -0.1) is 0 Å². The molecule has 1 aromatic rings. The molecule has 0 aliphatic carbocycles. The van der Waals surface area contributed by atoms with E-state index in [2.05, 4.69) is 17.6 Å². The Hall–Kier alpha value is -0.590. The fourth-order valence-corrected chi connectivity index (χ4v) is 3.39. The van der Waals surface area contributed by atoms with Gasteiger partial charge in [0.2, 0.25) is 0 Å². The maximum atomic E-state index is 11.9. The topological polar surface area (TPSA) is 67.3 Å². The van der Waals surface area contributed by atoms with Crippen molar-refractivity contribution in [3.05, 3.63) is 23.5 Å². The summed E-state index contributed by atoms with van der Waals surface area (Å²) in [7, 11) is -3.29. The largest absolute Gasteiger partial charge is 0.390 e. The smallest absolute Gasteiger partial charge is 0.178 e. The molecule has 1 aromatic heterocycles. The Labute approximate surface area is 101 Å². The Bertz CT molecular complexity index is 457. The first-order valence-corrected chi connectivity index (χ1v) is 7.20. The van der Waals surface area contributed by atoms with Crippen molar-refractivity contribution in [1.82, 2.24) is 4.98 Å². The van der Waals surface area contributed by atoms with E-state index in [1.807, 2.05) is 0 Å². The van der Waals surface area contributed by atoms with Crippen LogP contribution >= 0.6 is 12.6 Å². The molecule has 1 N–H and O–H groups in total. The highest BCUT2D eigenvalue weighted by molar-refractivity contribution is 7.91. The van der Waals surface area contributed by atoms with Crippen molar-refractivity contribution in [2.45, 2.75) is 24.8 Å². The minimum atomic E-state index is -3.29. The molecule has 0 aromatic carbocycles. The summed E-state index contributed by atoms with van der Waals surface area (Å²) in [5.74, 6) is 0.614. The van der Waals surface area contributed by atoms with Gasteiger partial charge in [0.15, 0.2) is 9.84 Å². The van der Waals surface area contributed by atoms with Crippen molar-refractivity contribution in [1.29, 1.82) is 0 Å². The Balaban J connectivity index is 3.13. The summed E-state index contributed by atoms with van der Waals surface area (Å²) in [6.45, 7) is 1.41. The molecular weight excluding hydrogens is 246 g/mol. The zero-order chi connectivity index (χ0) is 12.2. The summed E-state index contributed by atoms with van der Waals surface area (Å²) >= 11 is 3.99. The molecule has 6 heteroatoms. The number of thiol groups is 1. The van der Waals surface area contributed by atoms with Crippen molar-refractivity contribution < 1.29 is 13.5 Å². The molecule has 4 nitrogen and oxygen atoms in total. The summed E-state index contributed by atoms with van der Waals surface area (Å²) < 4.78 is 23.9. The second kappa shape index (κ2) is 5.65. The Kier molecular flexibility index (Phi) is 4.76. The Morgan fingerprint density at radius 1 is 1.50 bits per heavy atom. The van der Waals surface area contributed by atoms with Gasteiger partial charge in [-0.25, -0.2) is 8.42 Å². The lowest BCUT2D eigenvalue weighted by Crippen LogP contribution is -2.11. The van der Waals surface area contributed by atoms with Crippen LogP contribution in [0, 0.1) is 6.92 Å². The number of aliphatic hydroxyl groups excluding tert-OH is 1. The standard InChI is InChI=1S/C10H15NO3S2/c1-8-9(7-12)11-4-3-10(8)16(13,14)6-2-5-15/h3-4,12,15H,2,5-7H2,1H3. The van der Waals surface area contributed by atoms with Crippen molar-refractivity contribution >= 4 is 22.5 Å². The van der Waals surface area contributed by atoms with Crippen LogP contribution < -0.4 is 0 Å². The van der Waals surface area contributed by atoms with E-state index in [1.165, 1.54) is 12.3 Å². The molecule has 0 amide bonds. The number of sulfone groups is 1. The van der Waals surface area contributed by atoms with Gasteiger partial charge in [0, 0.05) is 6.20 Å². The fraction of sp³-hybridized carbons (Fsp3) is 0.500. The fourth-order valence-electron chi connectivity index (χ4n) is 1.42. The Morgan fingerprint density at radius 3 is 2.75 bits per heavy atom. The van der Waals surface area contributed by atoms with E-state index in [0.29, 0.717) is 23.4 Å². The molecule has 0 fully saturated rings. The number of rotatable bonds is 5. The predicted octanol–water partition coefficient (Wildman–Crippen LogP) is 0.976. The maximum Gasteiger partial charge on any atom is 0.178 e. The average molecular weight is 261 g/mol. The molecule has 0 saturated carbocycles.